The monoisotopic (exact) mass is 347 g/mol. The third kappa shape index (κ3) is 1.76. The third-order valence-electron chi connectivity index (χ3n) is 3.17. The zero-order valence-corrected chi connectivity index (χ0v) is 13.2. The molecule has 0 bridgehead atoms. The van der Waals surface area contributed by atoms with E-state index >= 15 is 0 Å². The molecule has 2 aromatic carbocycles. The van der Waals surface area contributed by atoms with Crippen LogP contribution in [0.4, 0.5) is 0 Å². The summed E-state index contributed by atoms with van der Waals surface area (Å²) in [4.78, 5) is 0. The van der Waals surface area contributed by atoms with Crippen LogP contribution in [0.5, 0.6) is 0 Å². The predicted octanol–water partition coefficient (Wildman–Crippen LogP) is 4.63. The first-order chi connectivity index (χ1) is 9.34. The molecule has 0 N–H and O–H groups in total. The van der Waals surface area contributed by atoms with E-state index in [4.69, 9.17) is 12.2 Å². The first-order valence-corrected chi connectivity index (χ1v) is 8.83. The van der Waals surface area contributed by atoms with Gasteiger partial charge in [-0.15, -0.1) is 0 Å². The summed E-state index contributed by atoms with van der Waals surface area (Å²) in [6.45, 7) is 0. The van der Waals surface area contributed by atoms with Gasteiger partial charge in [0.25, 0.3) is 0 Å². The molecule has 4 aromatic rings. The van der Waals surface area contributed by atoms with Crippen LogP contribution in [0.15, 0.2) is 53.9 Å². The Bertz CT molecular complexity index is 945. The van der Waals surface area contributed by atoms with E-state index in [1.807, 2.05) is 0 Å². The van der Waals surface area contributed by atoms with E-state index in [2.05, 4.69) is 57.5 Å². The van der Waals surface area contributed by atoms with Gasteiger partial charge in [0.15, 0.2) is 0 Å². The summed E-state index contributed by atoms with van der Waals surface area (Å²) >= 11 is 7.70. The van der Waals surface area contributed by atoms with Crippen molar-refractivity contribution in [3.8, 4) is 5.69 Å². The fourth-order valence-corrected chi connectivity index (χ4v) is 6.11. The van der Waals surface area contributed by atoms with Gasteiger partial charge < -0.3 is 0 Å². The molecule has 0 radical (unpaired) electrons. The molecule has 2 aromatic heterocycles. The van der Waals surface area contributed by atoms with E-state index in [1.54, 1.807) is 11.3 Å². The SMILES string of the molecule is S=c1c2ccccc2[se]n1-c1csc2ccccc12. The zero-order valence-electron chi connectivity index (χ0n) is 9.87. The molecular weight excluding hydrogens is 337 g/mol. The Hall–Kier alpha value is -1.19. The molecule has 0 aliphatic heterocycles. The van der Waals surface area contributed by atoms with Crippen LogP contribution >= 0.6 is 23.6 Å². The van der Waals surface area contributed by atoms with E-state index in [-0.39, 0.29) is 14.7 Å². The van der Waals surface area contributed by atoms with Gasteiger partial charge in [-0.3, -0.25) is 0 Å². The van der Waals surface area contributed by atoms with Crippen LogP contribution in [0.3, 0.4) is 0 Å². The summed E-state index contributed by atoms with van der Waals surface area (Å²) in [6.07, 6.45) is 0. The van der Waals surface area contributed by atoms with Crippen molar-refractivity contribution in [3.63, 3.8) is 0 Å². The van der Waals surface area contributed by atoms with Crippen molar-refractivity contribution in [2.75, 3.05) is 0 Å². The molecule has 0 fully saturated rings. The van der Waals surface area contributed by atoms with E-state index in [1.165, 1.54) is 25.4 Å². The van der Waals surface area contributed by atoms with Crippen molar-refractivity contribution in [1.82, 2.24) is 3.56 Å². The molecule has 1 nitrogen and oxygen atoms in total. The molecule has 4 rings (SSSR count). The van der Waals surface area contributed by atoms with Gasteiger partial charge in [-0.05, 0) is 0 Å². The summed E-state index contributed by atoms with van der Waals surface area (Å²) in [7, 11) is 0. The number of hydrogen-bond acceptors (Lipinski definition) is 2. The van der Waals surface area contributed by atoms with Gasteiger partial charge in [-0.1, -0.05) is 0 Å². The van der Waals surface area contributed by atoms with Gasteiger partial charge in [-0.2, -0.15) is 0 Å². The summed E-state index contributed by atoms with van der Waals surface area (Å²) in [6, 6.07) is 17.0. The number of hydrogen-bond donors (Lipinski definition) is 0. The van der Waals surface area contributed by atoms with Gasteiger partial charge >= 0.3 is 126 Å². The number of fused-ring (bicyclic) bond motifs is 2. The van der Waals surface area contributed by atoms with Crippen molar-refractivity contribution in [1.29, 1.82) is 0 Å². The first-order valence-electron chi connectivity index (χ1n) is 5.92. The van der Waals surface area contributed by atoms with E-state index < -0.39 is 0 Å². The molecule has 4 heteroatoms. The number of benzene rings is 2. The van der Waals surface area contributed by atoms with Gasteiger partial charge in [0.05, 0.1) is 0 Å². The summed E-state index contributed by atoms with van der Waals surface area (Å²) < 4.78 is 5.99. The average molecular weight is 346 g/mol. The Morgan fingerprint density at radius 1 is 0.947 bits per heavy atom. The van der Waals surface area contributed by atoms with Crippen LogP contribution in [-0.2, 0) is 0 Å². The Labute approximate surface area is 125 Å². The standard InChI is InChI=1S/C15H9NS2Se/c17-15-11-6-2-4-8-14(11)19-16(15)12-9-18-13-7-3-1-5-10(12)13/h1-9H. The molecule has 0 amide bonds. The van der Waals surface area contributed by atoms with Crippen molar-refractivity contribution < 1.29 is 0 Å². The Balaban J connectivity index is 2.10. The Kier molecular flexibility index (Phi) is 2.71. The van der Waals surface area contributed by atoms with Crippen LogP contribution < -0.4 is 0 Å². The van der Waals surface area contributed by atoms with Crippen molar-refractivity contribution in [2.24, 2.45) is 0 Å². The molecule has 19 heavy (non-hydrogen) atoms. The molecule has 0 spiro atoms. The molecule has 92 valence electrons. The molecule has 0 aliphatic rings. The molecule has 0 unspecified atom stereocenters. The van der Waals surface area contributed by atoms with E-state index in [0.717, 1.165) is 4.64 Å². The van der Waals surface area contributed by atoms with Crippen LogP contribution in [0, 0.1) is 4.64 Å². The van der Waals surface area contributed by atoms with Crippen molar-refractivity contribution in [3.05, 3.63) is 58.6 Å². The van der Waals surface area contributed by atoms with Gasteiger partial charge in [-0.25, -0.2) is 0 Å². The second-order valence-electron chi connectivity index (χ2n) is 4.30. The summed E-state index contributed by atoms with van der Waals surface area (Å²) in [5, 5.41) is 4.77. The second-order valence-corrected chi connectivity index (χ2v) is 7.67. The normalized spacial score (nSPS) is 11.4. The van der Waals surface area contributed by atoms with E-state index in [9.17, 15) is 0 Å². The number of aromatic nitrogens is 1. The Morgan fingerprint density at radius 2 is 1.68 bits per heavy atom. The molecule has 0 saturated carbocycles. The second kappa shape index (κ2) is 4.43. The predicted molar refractivity (Wildman–Crippen MR) is 86.4 cm³/mol. The topological polar surface area (TPSA) is 4.93 Å². The zero-order chi connectivity index (χ0) is 12.8. The minimum atomic E-state index is 0.261. The summed E-state index contributed by atoms with van der Waals surface area (Å²) in [5.74, 6) is 0. The molecule has 0 saturated heterocycles. The maximum absolute atomic E-state index is 5.65. The van der Waals surface area contributed by atoms with Crippen molar-refractivity contribution >= 4 is 58.0 Å². The van der Waals surface area contributed by atoms with Crippen LogP contribution in [0.25, 0.3) is 25.4 Å². The average Bonchev–Trinajstić information content (AvgIpc) is 3.01. The fraction of sp³-hybridized carbons (Fsp3) is 0. The number of thiophene rings is 1. The van der Waals surface area contributed by atoms with Crippen LogP contribution in [-0.4, -0.2) is 18.3 Å². The van der Waals surface area contributed by atoms with Crippen molar-refractivity contribution in [2.45, 2.75) is 0 Å². The van der Waals surface area contributed by atoms with Crippen LogP contribution in [0.2, 0.25) is 0 Å². The maximum atomic E-state index is 5.65. The Morgan fingerprint density at radius 3 is 2.53 bits per heavy atom. The number of nitrogens with zero attached hydrogens (tertiary/aromatic N) is 1. The quantitative estimate of drug-likeness (QED) is 0.359. The first kappa shape index (κ1) is 11.6. The summed E-state index contributed by atoms with van der Waals surface area (Å²) in [5.41, 5.74) is 1.27. The molecule has 0 aliphatic carbocycles. The third-order valence-corrected chi connectivity index (χ3v) is 7.12. The molecule has 0 atom stereocenters. The van der Waals surface area contributed by atoms with Gasteiger partial charge in [0, 0.05) is 0 Å². The number of rotatable bonds is 1. The van der Waals surface area contributed by atoms with E-state index in [0.29, 0.717) is 0 Å². The van der Waals surface area contributed by atoms with Gasteiger partial charge in [0.2, 0.25) is 0 Å². The molecule has 2 heterocycles. The fourth-order valence-electron chi connectivity index (χ4n) is 2.25. The minimum absolute atomic E-state index is 0.261. The van der Waals surface area contributed by atoms with Crippen LogP contribution in [0.1, 0.15) is 0 Å². The molecular formula is C15H9NS2Se. The van der Waals surface area contributed by atoms with Gasteiger partial charge in [0.1, 0.15) is 0 Å².